The maximum absolute atomic E-state index is 12.9. The highest BCUT2D eigenvalue weighted by molar-refractivity contribution is 9.10. The molecule has 160 valence electrons. The maximum atomic E-state index is 12.9. The zero-order chi connectivity index (χ0) is 22.0. The van der Waals surface area contributed by atoms with Crippen LogP contribution in [0.3, 0.4) is 0 Å². The van der Waals surface area contributed by atoms with Crippen molar-refractivity contribution in [1.29, 1.82) is 0 Å². The molecule has 0 spiro atoms. The van der Waals surface area contributed by atoms with Crippen molar-refractivity contribution in [3.05, 3.63) is 81.2 Å². The van der Waals surface area contributed by atoms with Crippen LogP contribution in [0.25, 0.3) is 0 Å². The normalized spacial score (nSPS) is 15.3. The molecule has 7 nitrogen and oxygen atoms in total. The smallest absolute Gasteiger partial charge is 0.338 e. The van der Waals surface area contributed by atoms with E-state index in [0.717, 1.165) is 15.6 Å². The number of aromatic nitrogens is 3. The van der Waals surface area contributed by atoms with Gasteiger partial charge in [0, 0.05) is 15.7 Å². The van der Waals surface area contributed by atoms with E-state index in [1.54, 1.807) is 11.6 Å². The number of nitrogens with zero attached hydrogens (tertiary/aromatic N) is 3. The number of nitrogens with one attached hydrogen (secondary N) is 1. The highest BCUT2D eigenvalue weighted by Crippen LogP contribution is 2.40. The molecule has 3 aromatic rings. The van der Waals surface area contributed by atoms with Gasteiger partial charge in [-0.3, -0.25) is 0 Å². The number of halogens is 1. The minimum absolute atomic E-state index is 0.280. The van der Waals surface area contributed by atoms with Crippen LogP contribution in [0.4, 0.5) is 5.95 Å². The number of carbonyl (C=O) groups is 1. The molecule has 1 aliphatic heterocycles. The number of anilines is 1. The first kappa shape index (κ1) is 21.1. The summed E-state index contributed by atoms with van der Waals surface area (Å²) in [6, 6.07) is 13.4. The second-order valence-corrected chi connectivity index (χ2v) is 8.19. The van der Waals surface area contributed by atoms with E-state index in [9.17, 15) is 4.79 Å². The molecule has 0 aliphatic carbocycles. The van der Waals surface area contributed by atoms with E-state index in [2.05, 4.69) is 50.4 Å². The highest BCUT2D eigenvalue weighted by atomic mass is 79.9. The predicted octanol–water partition coefficient (Wildman–Crippen LogP) is 4.78. The number of ether oxygens (including phenoxy) is 2. The Morgan fingerprint density at radius 1 is 1.19 bits per heavy atom. The van der Waals surface area contributed by atoms with Gasteiger partial charge in [-0.25, -0.2) is 9.48 Å². The summed E-state index contributed by atoms with van der Waals surface area (Å²) in [5.41, 5.74) is 4.19. The molecule has 2 heterocycles. The maximum Gasteiger partial charge on any atom is 0.338 e. The largest absolute Gasteiger partial charge is 0.489 e. The molecule has 0 saturated carbocycles. The summed E-state index contributed by atoms with van der Waals surface area (Å²) in [6.45, 7) is 6.36. The summed E-state index contributed by atoms with van der Waals surface area (Å²) < 4.78 is 14.1. The van der Waals surface area contributed by atoms with E-state index in [1.165, 1.54) is 11.9 Å². The van der Waals surface area contributed by atoms with Crippen molar-refractivity contribution in [3.63, 3.8) is 0 Å². The molecule has 2 aromatic carbocycles. The lowest BCUT2D eigenvalue weighted by Crippen LogP contribution is -2.30. The molecule has 1 unspecified atom stereocenters. The topological polar surface area (TPSA) is 78.3 Å². The third-order valence-electron chi connectivity index (χ3n) is 5.07. The van der Waals surface area contributed by atoms with Gasteiger partial charge in [-0.2, -0.15) is 10.1 Å². The number of aryl methyl sites for hydroxylation is 1. The summed E-state index contributed by atoms with van der Waals surface area (Å²) in [5.74, 6) is 0.815. The highest BCUT2D eigenvalue weighted by Gasteiger charge is 2.36. The predicted molar refractivity (Wildman–Crippen MR) is 121 cm³/mol. The van der Waals surface area contributed by atoms with Crippen molar-refractivity contribution in [2.24, 2.45) is 0 Å². The van der Waals surface area contributed by atoms with Crippen molar-refractivity contribution >= 4 is 27.8 Å². The van der Waals surface area contributed by atoms with Gasteiger partial charge in [0.05, 0.1) is 12.2 Å². The van der Waals surface area contributed by atoms with E-state index in [4.69, 9.17) is 9.47 Å². The van der Waals surface area contributed by atoms with E-state index < -0.39 is 12.0 Å². The number of fused-ring (bicyclic) bond motifs is 1. The molecule has 1 aromatic heterocycles. The molecular formula is C23H23BrN4O3. The van der Waals surface area contributed by atoms with Gasteiger partial charge in [0.1, 0.15) is 24.7 Å². The van der Waals surface area contributed by atoms with E-state index in [0.29, 0.717) is 29.6 Å². The van der Waals surface area contributed by atoms with Gasteiger partial charge in [0.25, 0.3) is 0 Å². The Morgan fingerprint density at radius 3 is 2.71 bits per heavy atom. The monoisotopic (exact) mass is 482 g/mol. The Hall–Kier alpha value is -3.13. The molecule has 1 atom stereocenters. The Labute approximate surface area is 189 Å². The molecule has 31 heavy (non-hydrogen) atoms. The van der Waals surface area contributed by atoms with Gasteiger partial charge in [0.15, 0.2) is 0 Å². The van der Waals surface area contributed by atoms with Crippen molar-refractivity contribution < 1.29 is 14.3 Å². The molecule has 0 radical (unpaired) electrons. The molecule has 0 amide bonds. The van der Waals surface area contributed by atoms with Crippen LogP contribution in [-0.4, -0.2) is 27.3 Å². The molecule has 4 rings (SSSR count). The molecule has 1 aliphatic rings. The first-order valence-corrected chi connectivity index (χ1v) is 10.8. The number of esters is 1. The van der Waals surface area contributed by atoms with Crippen LogP contribution in [0.2, 0.25) is 0 Å². The van der Waals surface area contributed by atoms with Crippen LogP contribution in [0, 0.1) is 6.92 Å². The van der Waals surface area contributed by atoms with Gasteiger partial charge in [0.2, 0.25) is 5.95 Å². The summed E-state index contributed by atoms with van der Waals surface area (Å²) in [5, 5.41) is 7.51. The van der Waals surface area contributed by atoms with E-state index in [1.807, 2.05) is 37.3 Å². The van der Waals surface area contributed by atoms with Gasteiger partial charge >= 0.3 is 5.97 Å². The number of carbonyl (C=O) groups excluding carboxylic acids is 1. The SMILES string of the molecule is CCOC(=O)C1=C(C)Nc2ncnn2C1c1cc(Br)ccc1OCc1ccc(C)cc1. The van der Waals surface area contributed by atoms with Gasteiger partial charge in [-0.1, -0.05) is 45.8 Å². The van der Waals surface area contributed by atoms with Crippen molar-refractivity contribution in [1.82, 2.24) is 14.8 Å². The van der Waals surface area contributed by atoms with Gasteiger partial charge in [-0.15, -0.1) is 0 Å². The van der Waals surface area contributed by atoms with E-state index in [-0.39, 0.29) is 6.61 Å². The minimum Gasteiger partial charge on any atom is -0.489 e. The summed E-state index contributed by atoms with van der Waals surface area (Å²) in [7, 11) is 0. The van der Waals surface area contributed by atoms with E-state index >= 15 is 0 Å². The standard InChI is InChI=1S/C23H23BrN4O3/c1-4-30-22(29)20-15(3)27-23-25-13-26-28(23)21(20)18-11-17(24)9-10-19(18)31-12-16-7-5-14(2)6-8-16/h5-11,13,21H,4,12H2,1-3H3,(H,25,26,27). The molecule has 0 bridgehead atoms. The lowest BCUT2D eigenvalue weighted by molar-refractivity contribution is -0.139. The minimum atomic E-state index is -0.539. The lowest BCUT2D eigenvalue weighted by Gasteiger charge is -2.29. The summed E-state index contributed by atoms with van der Waals surface area (Å²) in [4.78, 5) is 17.2. The third-order valence-corrected chi connectivity index (χ3v) is 5.56. The second-order valence-electron chi connectivity index (χ2n) is 7.27. The third kappa shape index (κ3) is 4.34. The van der Waals surface area contributed by atoms with Gasteiger partial charge < -0.3 is 14.8 Å². The van der Waals surface area contributed by atoms with Crippen LogP contribution >= 0.6 is 15.9 Å². The van der Waals surface area contributed by atoms with Crippen molar-refractivity contribution in [2.45, 2.75) is 33.4 Å². The van der Waals surface area contributed by atoms with Crippen LogP contribution < -0.4 is 10.1 Å². The van der Waals surface area contributed by atoms with Crippen LogP contribution in [0.1, 0.15) is 36.6 Å². The molecule has 8 heteroatoms. The number of hydrogen-bond donors (Lipinski definition) is 1. The van der Waals surface area contributed by atoms with Gasteiger partial charge in [-0.05, 0) is 44.5 Å². The molecule has 0 fully saturated rings. The summed E-state index contributed by atoms with van der Waals surface area (Å²) >= 11 is 3.55. The second kappa shape index (κ2) is 8.93. The Bertz CT molecular complexity index is 1140. The fraction of sp³-hybridized carbons (Fsp3) is 0.261. The van der Waals surface area contributed by atoms with Crippen LogP contribution in [-0.2, 0) is 16.1 Å². The fourth-order valence-corrected chi connectivity index (χ4v) is 3.94. The molecule has 1 N–H and O–H groups in total. The number of allylic oxidation sites excluding steroid dienone is 1. The van der Waals surface area contributed by atoms with Crippen LogP contribution in [0.5, 0.6) is 5.75 Å². The zero-order valence-electron chi connectivity index (χ0n) is 17.6. The Morgan fingerprint density at radius 2 is 1.97 bits per heavy atom. The lowest BCUT2D eigenvalue weighted by atomic mass is 9.95. The number of hydrogen-bond acceptors (Lipinski definition) is 6. The quantitative estimate of drug-likeness (QED) is 0.509. The van der Waals surface area contributed by atoms with Crippen molar-refractivity contribution in [3.8, 4) is 5.75 Å². The first-order chi connectivity index (χ1) is 15.0. The van der Waals surface area contributed by atoms with Crippen LogP contribution in [0.15, 0.2) is 64.5 Å². The Balaban J connectivity index is 1.76. The van der Waals surface area contributed by atoms with Crippen molar-refractivity contribution in [2.75, 3.05) is 11.9 Å². The Kier molecular flexibility index (Phi) is 6.08. The summed E-state index contributed by atoms with van der Waals surface area (Å²) in [6.07, 6.45) is 1.46. The first-order valence-electron chi connectivity index (χ1n) is 10.00. The zero-order valence-corrected chi connectivity index (χ0v) is 19.1. The number of rotatable bonds is 6. The molecule has 0 saturated heterocycles. The average molecular weight is 483 g/mol. The average Bonchev–Trinajstić information content (AvgIpc) is 3.21. The molecular weight excluding hydrogens is 460 g/mol. The fourth-order valence-electron chi connectivity index (χ4n) is 3.56. The number of benzene rings is 2.